The van der Waals surface area contributed by atoms with Crippen molar-refractivity contribution in [3.63, 3.8) is 0 Å². The normalized spacial score (nSPS) is 10.2. The summed E-state index contributed by atoms with van der Waals surface area (Å²) < 4.78 is 5.41. The zero-order chi connectivity index (χ0) is 13.9. The van der Waals surface area contributed by atoms with E-state index in [1.807, 2.05) is 0 Å². The monoisotopic (exact) mass is 266 g/mol. The molecular weight excluding hydrogens is 244 g/mol. The second kappa shape index (κ2) is 9.29. The predicted octanol–water partition coefficient (Wildman–Crippen LogP) is 1.30. The van der Waals surface area contributed by atoms with Gasteiger partial charge < -0.3 is 15.5 Å². The summed E-state index contributed by atoms with van der Waals surface area (Å²) in [7, 11) is 0. The molecule has 0 saturated carbocycles. The summed E-state index contributed by atoms with van der Waals surface area (Å²) in [5, 5.41) is 2.82. The van der Waals surface area contributed by atoms with Crippen molar-refractivity contribution in [1.29, 1.82) is 0 Å². The van der Waals surface area contributed by atoms with Crippen LogP contribution in [0.1, 0.15) is 36.5 Å². The quantitative estimate of drug-likeness (QED) is 0.356. The molecular formula is C13H22N4O2. The van der Waals surface area contributed by atoms with Crippen LogP contribution in [0, 0.1) is 0 Å². The summed E-state index contributed by atoms with van der Waals surface area (Å²) in [5.74, 6) is 5.59. The average Bonchev–Trinajstić information content (AvgIpc) is 2.46. The lowest BCUT2D eigenvalue weighted by atomic mass is 10.2. The fourth-order valence-corrected chi connectivity index (χ4v) is 1.44. The smallest absolute Gasteiger partial charge is 0.252 e. The number of hydrogen-bond acceptors (Lipinski definition) is 5. The molecule has 6 heteroatoms. The maximum Gasteiger partial charge on any atom is 0.252 e. The van der Waals surface area contributed by atoms with Crippen molar-refractivity contribution >= 4 is 11.7 Å². The maximum absolute atomic E-state index is 11.7. The highest BCUT2D eigenvalue weighted by Crippen LogP contribution is 2.03. The van der Waals surface area contributed by atoms with Gasteiger partial charge in [0.25, 0.3) is 5.91 Å². The Morgan fingerprint density at radius 3 is 2.79 bits per heavy atom. The molecule has 1 aromatic heterocycles. The van der Waals surface area contributed by atoms with Crippen molar-refractivity contribution in [3.05, 3.63) is 23.9 Å². The summed E-state index contributed by atoms with van der Waals surface area (Å²) >= 11 is 0. The van der Waals surface area contributed by atoms with Crippen molar-refractivity contribution in [2.45, 2.75) is 26.2 Å². The SMILES string of the molecule is CCCCOCCCNC(=O)c1ccc(NN)nc1. The molecule has 0 aliphatic heterocycles. The number of rotatable bonds is 9. The van der Waals surface area contributed by atoms with Crippen molar-refractivity contribution < 1.29 is 9.53 Å². The van der Waals surface area contributed by atoms with Gasteiger partial charge in [0, 0.05) is 26.0 Å². The van der Waals surface area contributed by atoms with Crippen LogP contribution in [0.2, 0.25) is 0 Å². The molecule has 0 fully saturated rings. The molecule has 6 nitrogen and oxygen atoms in total. The number of ether oxygens (including phenoxy) is 1. The topological polar surface area (TPSA) is 89.3 Å². The summed E-state index contributed by atoms with van der Waals surface area (Å²) in [5.41, 5.74) is 2.93. The van der Waals surface area contributed by atoms with E-state index in [-0.39, 0.29) is 5.91 Å². The molecule has 1 aromatic rings. The molecule has 0 saturated heterocycles. The number of nitrogens with one attached hydrogen (secondary N) is 2. The molecule has 1 rings (SSSR count). The molecule has 0 aliphatic carbocycles. The number of anilines is 1. The molecule has 1 heterocycles. The molecule has 0 aromatic carbocycles. The van der Waals surface area contributed by atoms with Gasteiger partial charge in [-0.25, -0.2) is 10.8 Å². The number of hydrogen-bond donors (Lipinski definition) is 3. The Labute approximate surface area is 113 Å². The molecule has 0 unspecified atom stereocenters. The highest BCUT2D eigenvalue weighted by atomic mass is 16.5. The van der Waals surface area contributed by atoms with Crippen LogP contribution >= 0.6 is 0 Å². The van der Waals surface area contributed by atoms with Crippen molar-refractivity contribution in [3.8, 4) is 0 Å². The van der Waals surface area contributed by atoms with Crippen LogP contribution in [0.15, 0.2) is 18.3 Å². The predicted molar refractivity (Wildman–Crippen MR) is 74.7 cm³/mol. The first-order valence-corrected chi connectivity index (χ1v) is 6.56. The Hall–Kier alpha value is -1.66. The average molecular weight is 266 g/mol. The van der Waals surface area contributed by atoms with Crippen LogP contribution in [0.5, 0.6) is 0 Å². The minimum Gasteiger partial charge on any atom is -0.381 e. The van der Waals surface area contributed by atoms with E-state index in [1.54, 1.807) is 12.1 Å². The highest BCUT2D eigenvalue weighted by Gasteiger charge is 2.04. The third-order valence-electron chi connectivity index (χ3n) is 2.57. The second-order valence-corrected chi connectivity index (χ2v) is 4.15. The number of unbranched alkanes of at least 4 members (excludes halogenated alkanes) is 1. The van der Waals surface area contributed by atoms with Crippen molar-refractivity contribution in [1.82, 2.24) is 10.3 Å². The zero-order valence-electron chi connectivity index (χ0n) is 11.3. The molecule has 0 bridgehead atoms. The number of nitrogens with zero attached hydrogens (tertiary/aromatic N) is 1. The highest BCUT2D eigenvalue weighted by molar-refractivity contribution is 5.93. The second-order valence-electron chi connectivity index (χ2n) is 4.15. The van der Waals surface area contributed by atoms with Crippen molar-refractivity contribution in [2.75, 3.05) is 25.2 Å². The van der Waals surface area contributed by atoms with Crippen LogP contribution < -0.4 is 16.6 Å². The number of nitrogens with two attached hydrogens (primary N) is 1. The number of carbonyl (C=O) groups excluding carboxylic acids is 1. The molecule has 0 radical (unpaired) electrons. The Kier molecular flexibility index (Phi) is 7.53. The lowest BCUT2D eigenvalue weighted by molar-refractivity contribution is 0.0940. The van der Waals surface area contributed by atoms with E-state index in [4.69, 9.17) is 10.6 Å². The fourth-order valence-electron chi connectivity index (χ4n) is 1.44. The van der Waals surface area contributed by atoms with Gasteiger partial charge in [-0.1, -0.05) is 13.3 Å². The molecule has 19 heavy (non-hydrogen) atoms. The summed E-state index contributed by atoms with van der Waals surface area (Å²) in [4.78, 5) is 15.7. The Morgan fingerprint density at radius 1 is 1.37 bits per heavy atom. The Bertz CT molecular complexity index is 367. The molecule has 0 spiro atoms. The summed E-state index contributed by atoms with van der Waals surface area (Å²) in [6.45, 7) is 4.20. The van der Waals surface area contributed by atoms with Gasteiger partial charge >= 0.3 is 0 Å². The third kappa shape index (κ3) is 6.17. The standard InChI is InChI=1S/C13H22N4O2/c1-2-3-8-19-9-4-7-15-13(18)11-5-6-12(17-14)16-10-11/h5-6,10H,2-4,7-9,14H2,1H3,(H,15,18)(H,16,17). The van der Waals surface area contributed by atoms with E-state index in [0.717, 1.165) is 25.9 Å². The van der Waals surface area contributed by atoms with Gasteiger partial charge in [-0.05, 0) is 25.0 Å². The zero-order valence-corrected chi connectivity index (χ0v) is 11.3. The third-order valence-corrected chi connectivity index (χ3v) is 2.57. The van der Waals surface area contributed by atoms with Crippen LogP contribution in [0.25, 0.3) is 0 Å². The van der Waals surface area contributed by atoms with Gasteiger partial charge in [-0.2, -0.15) is 0 Å². The van der Waals surface area contributed by atoms with Crippen molar-refractivity contribution in [2.24, 2.45) is 5.84 Å². The van der Waals surface area contributed by atoms with Gasteiger partial charge in [-0.15, -0.1) is 0 Å². The summed E-state index contributed by atoms with van der Waals surface area (Å²) in [6.07, 6.45) is 4.52. The van der Waals surface area contributed by atoms with Crippen LogP contribution in [0.4, 0.5) is 5.82 Å². The van der Waals surface area contributed by atoms with Gasteiger partial charge in [0.1, 0.15) is 5.82 Å². The fraction of sp³-hybridized carbons (Fsp3) is 0.538. The molecule has 0 atom stereocenters. The number of aromatic nitrogens is 1. The summed E-state index contributed by atoms with van der Waals surface area (Å²) in [6, 6.07) is 3.33. The van der Waals surface area contributed by atoms with Gasteiger partial charge in [0.2, 0.25) is 0 Å². The maximum atomic E-state index is 11.7. The molecule has 0 aliphatic rings. The lowest BCUT2D eigenvalue weighted by Gasteiger charge is -2.06. The largest absolute Gasteiger partial charge is 0.381 e. The number of hydrazine groups is 1. The van der Waals surface area contributed by atoms with Crippen LogP contribution in [-0.2, 0) is 4.74 Å². The van der Waals surface area contributed by atoms with Gasteiger partial charge in [0.05, 0.1) is 5.56 Å². The number of carbonyl (C=O) groups is 1. The lowest BCUT2D eigenvalue weighted by Crippen LogP contribution is -2.25. The Balaban J connectivity index is 2.16. The minimum atomic E-state index is -0.135. The van der Waals surface area contributed by atoms with E-state index in [2.05, 4.69) is 22.7 Å². The minimum absolute atomic E-state index is 0.135. The van der Waals surface area contributed by atoms with Crippen LogP contribution in [0.3, 0.4) is 0 Å². The van der Waals surface area contributed by atoms with Gasteiger partial charge in [-0.3, -0.25) is 4.79 Å². The first-order valence-electron chi connectivity index (χ1n) is 6.56. The van der Waals surface area contributed by atoms with Crippen LogP contribution in [-0.4, -0.2) is 30.6 Å². The van der Waals surface area contributed by atoms with E-state index < -0.39 is 0 Å². The van der Waals surface area contributed by atoms with E-state index >= 15 is 0 Å². The number of amides is 1. The Morgan fingerprint density at radius 2 is 2.16 bits per heavy atom. The van der Waals surface area contributed by atoms with E-state index in [9.17, 15) is 4.79 Å². The molecule has 106 valence electrons. The van der Waals surface area contributed by atoms with E-state index in [0.29, 0.717) is 24.5 Å². The van der Waals surface area contributed by atoms with E-state index in [1.165, 1.54) is 6.20 Å². The molecule has 4 N–H and O–H groups in total. The van der Waals surface area contributed by atoms with Gasteiger partial charge in [0.15, 0.2) is 0 Å². The molecule has 1 amide bonds. The first kappa shape index (κ1) is 15.4. The number of nitrogen functional groups attached to an aromatic ring is 1. The number of pyridine rings is 1. The first-order chi connectivity index (χ1) is 9.27.